The van der Waals surface area contributed by atoms with Gasteiger partial charge in [-0.2, -0.15) is 0 Å². The molecule has 2 aliphatic heterocycles. The molecule has 2 fully saturated rings. The van der Waals surface area contributed by atoms with E-state index in [0.29, 0.717) is 13.1 Å². The lowest BCUT2D eigenvalue weighted by Crippen LogP contribution is -2.50. The van der Waals surface area contributed by atoms with E-state index < -0.39 is 0 Å². The van der Waals surface area contributed by atoms with Gasteiger partial charge >= 0.3 is 0 Å². The normalized spacial score (nSPS) is 21.9. The maximum absolute atomic E-state index is 12.1. The van der Waals surface area contributed by atoms with E-state index in [9.17, 15) is 4.79 Å². The highest BCUT2D eigenvalue weighted by Crippen LogP contribution is 2.25. The van der Waals surface area contributed by atoms with E-state index in [1.54, 1.807) is 0 Å². The molecule has 1 aromatic carbocycles. The second-order valence-corrected chi connectivity index (χ2v) is 7.07. The molecule has 2 heterocycles. The number of aryl methyl sites for hydroxylation is 1. The number of hydrogen-bond acceptors (Lipinski definition) is 4. The average Bonchev–Trinajstić information content (AvgIpc) is 3.10. The molecule has 2 aliphatic rings. The largest absolute Gasteiger partial charge is 0.376 e. The first-order valence-electron chi connectivity index (χ1n) is 8.73. The second-order valence-electron chi connectivity index (χ2n) is 6.63. The number of amides is 1. The number of carbonyl (C=O) groups is 1. The molecule has 1 aromatic rings. The van der Waals surface area contributed by atoms with Crippen LogP contribution in [-0.4, -0.2) is 62.8 Å². The van der Waals surface area contributed by atoms with Gasteiger partial charge in [-0.15, -0.1) is 0 Å². The van der Waals surface area contributed by atoms with E-state index in [1.807, 2.05) is 12.1 Å². The zero-order valence-corrected chi connectivity index (χ0v) is 15.0. The van der Waals surface area contributed by atoms with E-state index in [2.05, 4.69) is 28.1 Å². The van der Waals surface area contributed by atoms with Gasteiger partial charge in [0.05, 0.1) is 12.6 Å². The van der Waals surface area contributed by atoms with Crippen molar-refractivity contribution in [2.75, 3.05) is 50.8 Å². The summed E-state index contributed by atoms with van der Waals surface area (Å²) in [7, 11) is 0. The van der Waals surface area contributed by atoms with Gasteiger partial charge in [-0.05, 0) is 37.5 Å². The van der Waals surface area contributed by atoms with Crippen LogP contribution in [-0.2, 0) is 9.53 Å². The minimum Gasteiger partial charge on any atom is -0.376 e. The van der Waals surface area contributed by atoms with Gasteiger partial charge in [-0.1, -0.05) is 17.7 Å². The topological polar surface area (TPSA) is 44.8 Å². The molecule has 0 radical (unpaired) electrons. The Morgan fingerprint density at radius 1 is 1.33 bits per heavy atom. The van der Waals surface area contributed by atoms with Crippen LogP contribution in [0.5, 0.6) is 0 Å². The lowest BCUT2D eigenvalue weighted by Gasteiger charge is -2.36. The van der Waals surface area contributed by atoms with Crippen molar-refractivity contribution in [2.24, 2.45) is 0 Å². The van der Waals surface area contributed by atoms with Gasteiger partial charge in [-0.3, -0.25) is 9.69 Å². The molecule has 1 N–H and O–H groups in total. The van der Waals surface area contributed by atoms with E-state index in [4.69, 9.17) is 16.3 Å². The highest BCUT2D eigenvalue weighted by molar-refractivity contribution is 6.30. The number of anilines is 1. The van der Waals surface area contributed by atoms with Crippen molar-refractivity contribution in [2.45, 2.75) is 25.9 Å². The van der Waals surface area contributed by atoms with E-state index in [-0.39, 0.29) is 12.0 Å². The van der Waals surface area contributed by atoms with Crippen molar-refractivity contribution >= 4 is 23.2 Å². The van der Waals surface area contributed by atoms with Crippen molar-refractivity contribution < 1.29 is 9.53 Å². The molecule has 0 bridgehead atoms. The van der Waals surface area contributed by atoms with Crippen molar-refractivity contribution in [1.29, 1.82) is 0 Å². The van der Waals surface area contributed by atoms with Gasteiger partial charge in [-0.25, -0.2) is 0 Å². The first-order chi connectivity index (χ1) is 11.6. The number of hydrogen-bond donors (Lipinski definition) is 1. The number of ether oxygens (including phenoxy) is 1. The third kappa shape index (κ3) is 4.62. The van der Waals surface area contributed by atoms with E-state index in [1.165, 1.54) is 11.3 Å². The summed E-state index contributed by atoms with van der Waals surface area (Å²) in [4.78, 5) is 16.6. The molecule has 0 saturated carbocycles. The van der Waals surface area contributed by atoms with Crippen molar-refractivity contribution in [1.82, 2.24) is 10.2 Å². The average molecular weight is 352 g/mol. The predicted molar refractivity (Wildman–Crippen MR) is 96.8 cm³/mol. The highest BCUT2D eigenvalue weighted by Gasteiger charge is 2.21. The van der Waals surface area contributed by atoms with Crippen LogP contribution in [0.1, 0.15) is 18.4 Å². The Balaban J connectivity index is 1.43. The van der Waals surface area contributed by atoms with Gasteiger partial charge in [0.25, 0.3) is 0 Å². The third-order valence-corrected chi connectivity index (χ3v) is 5.04. The molecular weight excluding hydrogens is 326 g/mol. The molecule has 0 aromatic heterocycles. The molecule has 1 unspecified atom stereocenters. The molecule has 0 aliphatic carbocycles. The van der Waals surface area contributed by atoms with Gasteiger partial charge in [0.15, 0.2) is 0 Å². The second kappa shape index (κ2) is 8.19. The molecule has 132 valence electrons. The van der Waals surface area contributed by atoms with Gasteiger partial charge in [0.2, 0.25) is 5.91 Å². The molecular formula is C18H26ClN3O2. The Hall–Kier alpha value is -1.30. The molecule has 0 spiro atoms. The zero-order chi connectivity index (χ0) is 16.9. The Labute approximate surface area is 148 Å². The van der Waals surface area contributed by atoms with Gasteiger partial charge < -0.3 is 15.0 Å². The fourth-order valence-electron chi connectivity index (χ4n) is 3.36. The summed E-state index contributed by atoms with van der Waals surface area (Å²) in [6.07, 6.45) is 2.36. The Bertz CT molecular complexity index is 567. The third-order valence-electron chi connectivity index (χ3n) is 4.80. The monoisotopic (exact) mass is 351 g/mol. The number of piperazine rings is 1. The van der Waals surface area contributed by atoms with Crippen LogP contribution < -0.4 is 10.2 Å². The van der Waals surface area contributed by atoms with Crippen LogP contribution in [0.25, 0.3) is 0 Å². The summed E-state index contributed by atoms with van der Waals surface area (Å²) >= 11 is 6.12. The first kappa shape index (κ1) is 17.5. The van der Waals surface area contributed by atoms with Crippen molar-refractivity contribution in [3.8, 4) is 0 Å². The molecule has 1 amide bonds. The summed E-state index contributed by atoms with van der Waals surface area (Å²) in [5, 5.41) is 3.76. The molecule has 2 saturated heterocycles. The summed E-state index contributed by atoms with van der Waals surface area (Å²) in [6.45, 7) is 7.65. The van der Waals surface area contributed by atoms with Crippen molar-refractivity contribution in [3.05, 3.63) is 28.8 Å². The van der Waals surface area contributed by atoms with Crippen LogP contribution in [0.3, 0.4) is 0 Å². The number of benzene rings is 1. The number of carbonyl (C=O) groups excluding carboxylic acids is 1. The molecule has 1 atom stereocenters. The molecule has 24 heavy (non-hydrogen) atoms. The molecule has 6 heteroatoms. The maximum Gasteiger partial charge on any atom is 0.234 e. The summed E-state index contributed by atoms with van der Waals surface area (Å²) in [5.74, 6) is 0.0953. The van der Waals surface area contributed by atoms with E-state index in [0.717, 1.165) is 50.7 Å². The Kier molecular flexibility index (Phi) is 5.98. The van der Waals surface area contributed by atoms with E-state index >= 15 is 0 Å². The van der Waals surface area contributed by atoms with Crippen LogP contribution in [0.2, 0.25) is 5.02 Å². The summed E-state index contributed by atoms with van der Waals surface area (Å²) in [5.41, 5.74) is 2.44. The number of nitrogens with one attached hydrogen (secondary N) is 1. The number of rotatable bonds is 5. The zero-order valence-electron chi connectivity index (χ0n) is 14.3. The smallest absolute Gasteiger partial charge is 0.234 e. The Morgan fingerprint density at radius 2 is 2.12 bits per heavy atom. The highest BCUT2D eigenvalue weighted by atomic mass is 35.5. The predicted octanol–water partition coefficient (Wildman–Crippen LogP) is 2.07. The van der Waals surface area contributed by atoms with Gasteiger partial charge in [0, 0.05) is 50.0 Å². The Morgan fingerprint density at radius 3 is 2.83 bits per heavy atom. The van der Waals surface area contributed by atoms with Crippen LogP contribution >= 0.6 is 11.6 Å². The fourth-order valence-corrected chi connectivity index (χ4v) is 3.53. The lowest BCUT2D eigenvalue weighted by molar-refractivity contribution is -0.122. The lowest BCUT2D eigenvalue weighted by atomic mass is 10.1. The SMILES string of the molecule is Cc1ccc(Cl)cc1N1CCN(CC(=O)NCC2CCCO2)CC1. The molecule has 3 rings (SSSR count). The summed E-state index contributed by atoms with van der Waals surface area (Å²) < 4.78 is 5.53. The fraction of sp³-hybridized carbons (Fsp3) is 0.611. The minimum absolute atomic E-state index is 0.0953. The quantitative estimate of drug-likeness (QED) is 0.882. The van der Waals surface area contributed by atoms with Gasteiger partial charge in [0.1, 0.15) is 0 Å². The first-order valence-corrected chi connectivity index (χ1v) is 9.11. The minimum atomic E-state index is 0.0953. The number of nitrogens with zero attached hydrogens (tertiary/aromatic N) is 2. The van der Waals surface area contributed by atoms with Crippen LogP contribution in [0.15, 0.2) is 18.2 Å². The number of halogens is 1. The van der Waals surface area contributed by atoms with Crippen molar-refractivity contribution in [3.63, 3.8) is 0 Å². The summed E-state index contributed by atoms with van der Waals surface area (Å²) in [6, 6.07) is 6.01. The standard InChI is InChI=1S/C18H26ClN3O2/c1-14-4-5-15(19)11-17(14)22-8-6-21(7-9-22)13-18(23)20-12-16-3-2-10-24-16/h4-5,11,16H,2-3,6-10,12-13H2,1H3,(H,20,23). The molecule has 5 nitrogen and oxygen atoms in total. The maximum atomic E-state index is 12.1. The van der Waals surface area contributed by atoms with Crippen LogP contribution in [0, 0.1) is 6.92 Å². The van der Waals surface area contributed by atoms with Crippen LogP contribution in [0.4, 0.5) is 5.69 Å².